The molecule has 0 bridgehead atoms. The van der Waals surface area contributed by atoms with Crippen LogP contribution in [0.4, 0.5) is 0 Å². The zero-order chi connectivity index (χ0) is 20.8. The fourth-order valence-corrected chi connectivity index (χ4v) is 3.81. The van der Waals surface area contributed by atoms with Crippen molar-refractivity contribution >= 4 is 17.8 Å². The van der Waals surface area contributed by atoms with E-state index in [1.807, 2.05) is 42.5 Å². The van der Waals surface area contributed by atoms with E-state index in [0.717, 1.165) is 16.7 Å². The van der Waals surface area contributed by atoms with Crippen LogP contribution in [0.15, 0.2) is 54.6 Å². The van der Waals surface area contributed by atoms with Gasteiger partial charge in [-0.25, -0.2) is 0 Å². The summed E-state index contributed by atoms with van der Waals surface area (Å²) in [6, 6.07) is 17.9. The van der Waals surface area contributed by atoms with Gasteiger partial charge in [-0.05, 0) is 36.5 Å². The topological polar surface area (TPSA) is 63.7 Å². The van der Waals surface area contributed by atoms with Crippen LogP contribution in [0.3, 0.4) is 0 Å². The summed E-state index contributed by atoms with van der Waals surface area (Å²) < 4.78 is 5.11. The van der Waals surface area contributed by atoms with Crippen molar-refractivity contribution in [3.63, 3.8) is 0 Å². The summed E-state index contributed by atoms with van der Waals surface area (Å²) in [7, 11) is 0. The van der Waals surface area contributed by atoms with Gasteiger partial charge in [0.15, 0.2) is 0 Å². The maximum Gasteiger partial charge on any atom is 0.308 e. The Hall–Kier alpha value is -2.95. The molecule has 29 heavy (non-hydrogen) atoms. The molecule has 152 valence electrons. The minimum Gasteiger partial charge on any atom is -0.466 e. The molecule has 0 N–H and O–H groups in total. The summed E-state index contributed by atoms with van der Waals surface area (Å²) in [5, 5.41) is 0. The van der Waals surface area contributed by atoms with E-state index in [1.54, 1.807) is 13.8 Å². The van der Waals surface area contributed by atoms with Crippen molar-refractivity contribution in [3.05, 3.63) is 60.2 Å². The van der Waals surface area contributed by atoms with Gasteiger partial charge in [0.2, 0.25) is 11.8 Å². The number of ether oxygens (including phenoxy) is 1. The van der Waals surface area contributed by atoms with Gasteiger partial charge in [0.05, 0.1) is 12.5 Å². The lowest BCUT2D eigenvalue weighted by Gasteiger charge is -2.28. The largest absolute Gasteiger partial charge is 0.466 e. The number of hydrogen-bond acceptors (Lipinski definition) is 4. The van der Waals surface area contributed by atoms with Gasteiger partial charge in [0.25, 0.3) is 0 Å². The quantitative estimate of drug-likeness (QED) is 0.502. The smallest absolute Gasteiger partial charge is 0.308 e. The fraction of sp³-hybridized carbons (Fsp3) is 0.375. The van der Waals surface area contributed by atoms with Crippen LogP contribution in [0.25, 0.3) is 11.1 Å². The average molecular weight is 393 g/mol. The summed E-state index contributed by atoms with van der Waals surface area (Å²) in [6.07, 6.45) is 1.42. The molecule has 0 saturated carbocycles. The van der Waals surface area contributed by atoms with Crippen LogP contribution < -0.4 is 0 Å². The van der Waals surface area contributed by atoms with Gasteiger partial charge in [0, 0.05) is 18.9 Å². The molecule has 2 amide bonds. The Morgan fingerprint density at radius 1 is 0.966 bits per heavy atom. The van der Waals surface area contributed by atoms with Gasteiger partial charge in [-0.15, -0.1) is 0 Å². The summed E-state index contributed by atoms with van der Waals surface area (Å²) >= 11 is 0. The number of benzene rings is 2. The molecule has 1 heterocycles. The highest BCUT2D eigenvalue weighted by molar-refractivity contribution is 6.02. The highest BCUT2D eigenvalue weighted by atomic mass is 16.5. The number of carbonyl (C=O) groups excluding carboxylic acids is 3. The normalized spacial score (nSPS) is 16.0. The Labute approximate surface area is 171 Å². The zero-order valence-corrected chi connectivity index (χ0v) is 17.0. The van der Waals surface area contributed by atoms with E-state index in [4.69, 9.17) is 4.74 Å². The predicted molar refractivity (Wildman–Crippen MR) is 111 cm³/mol. The third kappa shape index (κ3) is 5.11. The van der Waals surface area contributed by atoms with Crippen LogP contribution in [0, 0.1) is 5.92 Å². The molecule has 5 heteroatoms. The molecule has 2 atom stereocenters. The Kier molecular flexibility index (Phi) is 6.81. The summed E-state index contributed by atoms with van der Waals surface area (Å²) in [5.41, 5.74) is 3.27. The highest BCUT2D eigenvalue weighted by Gasteiger charge is 2.36. The number of carbonyl (C=O) groups is 3. The fourth-order valence-electron chi connectivity index (χ4n) is 3.81. The monoisotopic (exact) mass is 393 g/mol. The van der Waals surface area contributed by atoms with Gasteiger partial charge in [-0.1, -0.05) is 61.5 Å². The summed E-state index contributed by atoms with van der Waals surface area (Å²) in [5.74, 6) is -0.991. The molecule has 0 spiro atoms. The third-order valence-electron chi connectivity index (χ3n) is 5.30. The Morgan fingerprint density at radius 3 is 2.14 bits per heavy atom. The van der Waals surface area contributed by atoms with Crippen molar-refractivity contribution in [2.75, 3.05) is 6.61 Å². The van der Waals surface area contributed by atoms with Crippen LogP contribution in [-0.2, 0) is 25.5 Å². The lowest BCUT2D eigenvalue weighted by atomic mass is 9.94. The van der Waals surface area contributed by atoms with E-state index in [2.05, 4.69) is 12.1 Å². The number of rotatable bonds is 8. The first kappa shape index (κ1) is 20.8. The number of esters is 1. The molecule has 5 nitrogen and oxygen atoms in total. The van der Waals surface area contributed by atoms with Crippen molar-refractivity contribution in [1.82, 2.24) is 4.90 Å². The van der Waals surface area contributed by atoms with Gasteiger partial charge < -0.3 is 4.74 Å². The molecular formula is C24H27NO4. The Morgan fingerprint density at radius 2 is 1.55 bits per heavy atom. The molecule has 1 aliphatic heterocycles. The molecule has 2 aromatic carbocycles. The maximum absolute atomic E-state index is 12.3. The molecule has 2 unspecified atom stereocenters. The molecule has 0 radical (unpaired) electrons. The van der Waals surface area contributed by atoms with E-state index in [1.165, 1.54) is 4.90 Å². The van der Waals surface area contributed by atoms with Gasteiger partial charge in [-0.2, -0.15) is 0 Å². The van der Waals surface area contributed by atoms with Crippen LogP contribution >= 0.6 is 0 Å². The first-order chi connectivity index (χ1) is 14.0. The van der Waals surface area contributed by atoms with Crippen molar-refractivity contribution in [2.45, 2.75) is 45.6 Å². The Balaban J connectivity index is 1.78. The molecular weight excluding hydrogens is 366 g/mol. The van der Waals surface area contributed by atoms with Gasteiger partial charge >= 0.3 is 5.97 Å². The van der Waals surface area contributed by atoms with E-state index in [-0.39, 0.29) is 42.6 Å². The first-order valence-electron chi connectivity index (χ1n) is 10.2. The minimum absolute atomic E-state index is 0.156. The van der Waals surface area contributed by atoms with Gasteiger partial charge in [-0.3, -0.25) is 19.3 Å². The number of amides is 2. The second-order valence-corrected chi connectivity index (χ2v) is 7.47. The van der Waals surface area contributed by atoms with Crippen molar-refractivity contribution in [3.8, 4) is 11.1 Å². The molecule has 1 saturated heterocycles. The van der Waals surface area contributed by atoms with Gasteiger partial charge in [0.1, 0.15) is 0 Å². The summed E-state index contributed by atoms with van der Waals surface area (Å²) in [6.45, 7) is 3.87. The average Bonchev–Trinajstić information content (AvgIpc) is 3.07. The van der Waals surface area contributed by atoms with Crippen molar-refractivity contribution in [1.29, 1.82) is 0 Å². The van der Waals surface area contributed by atoms with Crippen LogP contribution in [0.2, 0.25) is 0 Å². The molecule has 1 fully saturated rings. The maximum atomic E-state index is 12.3. The number of hydrogen-bond donors (Lipinski definition) is 0. The number of likely N-dealkylation sites (tertiary alicyclic amines) is 1. The first-order valence-corrected chi connectivity index (χ1v) is 10.2. The number of imide groups is 1. The molecule has 3 rings (SSSR count). The lowest BCUT2D eigenvalue weighted by Crippen LogP contribution is -2.42. The minimum atomic E-state index is -0.384. The van der Waals surface area contributed by atoms with Crippen LogP contribution in [0.5, 0.6) is 0 Å². The van der Waals surface area contributed by atoms with Crippen LogP contribution in [-0.4, -0.2) is 35.3 Å². The Bertz CT molecular complexity index is 844. The van der Waals surface area contributed by atoms with E-state index in [0.29, 0.717) is 19.4 Å². The summed E-state index contributed by atoms with van der Waals surface area (Å²) in [4.78, 5) is 38.1. The van der Waals surface area contributed by atoms with Crippen molar-refractivity contribution in [2.24, 2.45) is 5.92 Å². The van der Waals surface area contributed by atoms with E-state index >= 15 is 0 Å². The second kappa shape index (κ2) is 9.50. The molecule has 1 aliphatic rings. The molecule has 0 aromatic heterocycles. The highest BCUT2D eigenvalue weighted by Crippen LogP contribution is 2.25. The standard InChI is InChI=1S/C24H27NO4/c1-3-29-24(28)17(2)15-21(25-22(26)13-14-23(25)27)16-18-9-11-20(12-10-18)19-7-5-4-6-8-19/h4-12,17,21H,3,13-16H2,1-2H3. The third-order valence-corrected chi connectivity index (χ3v) is 5.30. The van der Waals surface area contributed by atoms with Crippen molar-refractivity contribution < 1.29 is 19.1 Å². The second-order valence-electron chi connectivity index (χ2n) is 7.47. The van der Waals surface area contributed by atoms with E-state index < -0.39 is 0 Å². The SMILES string of the molecule is CCOC(=O)C(C)CC(Cc1ccc(-c2ccccc2)cc1)N1C(=O)CCC1=O. The van der Waals surface area contributed by atoms with Crippen LogP contribution in [0.1, 0.15) is 38.7 Å². The number of nitrogens with zero attached hydrogens (tertiary/aromatic N) is 1. The molecule has 0 aliphatic carbocycles. The molecule has 2 aromatic rings. The van der Waals surface area contributed by atoms with E-state index in [9.17, 15) is 14.4 Å². The zero-order valence-electron chi connectivity index (χ0n) is 17.0. The predicted octanol–water partition coefficient (Wildman–Crippen LogP) is 4.00. The lowest BCUT2D eigenvalue weighted by molar-refractivity contribution is -0.150.